The topological polar surface area (TPSA) is 74.0 Å². The van der Waals surface area contributed by atoms with E-state index >= 15 is 0 Å². The smallest absolute Gasteiger partial charge is 0.251 e. The zero-order valence-electron chi connectivity index (χ0n) is 10.1. The lowest BCUT2D eigenvalue weighted by Crippen LogP contribution is -2.29. The van der Waals surface area contributed by atoms with Crippen molar-refractivity contribution in [3.63, 3.8) is 0 Å². The first-order valence-electron chi connectivity index (χ1n) is 5.76. The average molecular weight is 245 g/mol. The van der Waals surface area contributed by atoms with Crippen LogP contribution in [0.5, 0.6) is 0 Å². The Balaban J connectivity index is 1.97. The second-order valence-electron chi connectivity index (χ2n) is 3.96. The Morgan fingerprint density at radius 3 is 2.89 bits per heavy atom. The molecule has 0 spiro atoms. The number of nitrogens with one attached hydrogen (secondary N) is 3. The van der Waals surface area contributed by atoms with E-state index in [9.17, 15) is 9.59 Å². The number of benzene rings is 1. The van der Waals surface area contributed by atoms with Gasteiger partial charge in [0.25, 0.3) is 5.91 Å². The molecule has 18 heavy (non-hydrogen) atoms. The number of hydrogen-bond acceptors (Lipinski definition) is 2. The summed E-state index contributed by atoms with van der Waals surface area (Å²) in [6.07, 6.45) is 2.12. The highest BCUT2D eigenvalue weighted by atomic mass is 16.2. The molecule has 1 aromatic heterocycles. The molecule has 0 aliphatic rings. The molecular formula is C13H15N3O2. The van der Waals surface area contributed by atoms with Gasteiger partial charge < -0.3 is 15.6 Å². The number of fused-ring (bicyclic) bond motifs is 1. The molecular weight excluding hydrogens is 230 g/mol. The molecule has 3 N–H and O–H groups in total. The predicted molar refractivity (Wildman–Crippen MR) is 69.3 cm³/mol. The first-order valence-corrected chi connectivity index (χ1v) is 5.76. The van der Waals surface area contributed by atoms with E-state index < -0.39 is 0 Å². The molecule has 94 valence electrons. The van der Waals surface area contributed by atoms with E-state index in [1.807, 2.05) is 18.3 Å². The van der Waals surface area contributed by atoms with Crippen LogP contribution in [0.3, 0.4) is 0 Å². The lowest BCUT2D eigenvalue weighted by atomic mass is 10.1. The summed E-state index contributed by atoms with van der Waals surface area (Å²) in [4.78, 5) is 25.9. The first-order chi connectivity index (χ1) is 8.70. The van der Waals surface area contributed by atoms with Crippen molar-refractivity contribution in [1.29, 1.82) is 0 Å². The summed E-state index contributed by atoms with van der Waals surface area (Å²) in [5.74, 6) is -0.259. The largest absolute Gasteiger partial charge is 0.361 e. The summed E-state index contributed by atoms with van der Waals surface area (Å²) in [6.45, 7) is 0.335. The van der Waals surface area contributed by atoms with Gasteiger partial charge in [0.2, 0.25) is 5.91 Å². The van der Waals surface area contributed by atoms with Crippen LogP contribution in [-0.2, 0) is 4.79 Å². The molecule has 5 heteroatoms. The number of carbonyl (C=O) groups is 2. The summed E-state index contributed by atoms with van der Waals surface area (Å²) >= 11 is 0. The minimum absolute atomic E-state index is 0.0879. The number of H-pyrrole nitrogens is 1. The summed E-state index contributed by atoms with van der Waals surface area (Å²) < 4.78 is 0. The van der Waals surface area contributed by atoms with Crippen molar-refractivity contribution in [2.75, 3.05) is 13.6 Å². The number of carbonyl (C=O) groups excluding carboxylic acids is 2. The van der Waals surface area contributed by atoms with Gasteiger partial charge in [-0.05, 0) is 23.6 Å². The second-order valence-corrected chi connectivity index (χ2v) is 3.96. The van der Waals surface area contributed by atoms with Crippen molar-refractivity contribution in [2.24, 2.45) is 0 Å². The summed E-state index contributed by atoms with van der Waals surface area (Å²) in [6, 6.07) is 7.40. The molecule has 2 rings (SSSR count). The van der Waals surface area contributed by atoms with Gasteiger partial charge in [-0.25, -0.2) is 0 Å². The average Bonchev–Trinajstić information content (AvgIpc) is 2.85. The first kappa shape index (κ1) is 12.2. The molecule has 0 saturated carbocycles. The standard InChI is InChI=1S/C13H15N3O2/c1-14-12(17)5-7-16-13(18)10-3-2-9-4-6-15-11(9)8-10/h2-4,6,8,15H,5,7H2,1H3,(H,14,17)(H,16,18). The highest BCUT2D eigenvalue weighted by molar-refractivity contribution is 5.98. The quantitative estimate of drug-likeness (QED) is 0.752. The fourth-order valence-electron chi connectivity index (χ4n) is 1.71. The minimum atomic E-state index is -0.171. The van der Waals surface area contributed by atoms with Gasteiger partial charge in [-0.3, -0.25) is 9.59 Å². The van der Waals surface area contributed by atoms with Crippen LogP contribution >= 0.6 is 0 Å². The highest BCUT2D eigenvalue weighted by Gasteiger charge is 2.07. The molecule has 0 unspecified atom stereocenters. The van der Waals surface area contributed by atoms with Gasteiger partial charge in [0.15, 0.2) is 0 Å². The highest BCUT2D eigenvalue weighted by Crippen LogP contribution is 2.13. The number of aromatic nitrogens is 1. The van der Waals surface area contributed by atoms with Gasteiger partial charge in [-0.2, -0.15) is 0 Å². The number of hydrogen-bond donors (Lipinski definition) is 3. The summed E-state index contributed by atoms with van der Waals surface area (Å²) in [7, 11) is 1.57. The maximum atomic E-state index is 11.8. The third-order valence-corrected chi connectivity index (χ3v) is 2.73. The number of aromatic amines is 1. The van der Waals surface area contributed by atoms with E-state index in [0.717, 1.165) is 10.9 Å². The van der Waals surface area contributed by atoms with Crippen molar-refractivity contribution < 1.29 is 9.59 Å². The van der Waals surface area contributed by atoms with Crippen LogP contribution in [0.25, 0.3) is 10.9 Å². The van der Waals surface area contributed by atoms with Crippen molar-refractivity contribution >= 4 is 22.7 Å². The molecule has 0 aliphatic heterocycles. The van der Waals surface area contributed by atoms with E-state index in [0.29, 0.717) is 12.1 Å². The molecule has 1 heterocycles. The molecule has 0 saturated heterocycles. The predicted octanol–water partition coefficient (Wildman–Crippen LogP) is 1.03. The monoisotopic (exact) mass is 245 g/mol. The van der Waals surface area contributed by atoms with Crippen LogP contribution in [0.4, 0.5) is 0 Å². The molecule has 0 bridgehead atoms. The maximum absolute atomic E-state index is 11.8. The van der Waals surface area contributed by atoms with Gasteiger partial charge in [0.05, 0.1) is 0 Å². The van der Waals surface area contributed by atoms with Gasteiger partial charge in [-0.1, -0.05) is 6.07 Å². The van der Waals surface area contributed by atoms with Crippen LogP contribution in [0.2, 0.25) is 0 Å². The fourth-order valence-corrected chi connectivity index (χ4v) is 1.71. The Hall–Kier alpha value is -2.30. The Morgan fingerprint density at radius 1 is 1.28 bits per heavy atom. The molecule has 0 aliphatic carbocycles. The molecule has 2 aromatic rings. The van der Waals surface area contributed by atoms with Crippen LogP contribution in [0, 0.1) is 0 Å². The third-order valence-electron chi connectivity index (χ3n) is 2.73. The molecule has 0 atom stereocenters. The summed E-state index contributed by atoms with van der Waals surface area (Å²) in [5, 5.41) is 6.28. The van der Waals surface area contributed by atoms with Crippen molar-refractivity contribution in [3.8, 4) is 0 Å². The van der Waals surface area contributed by atoms with Crippen LogP contribution < -0.4 is 10.6 Å². The molecule has 0 radical (unpaired) electrons. The van der Waals surface area contributed by atoms with Crippen molar-refractivity contribution in [3.05, 3.63) is 36.0 Å². The molecule has 0 fully saturated rings. The van der Waals surface area contributed by atoms with Gasteiger partial charge in [-0.15, -0.1) is 0 Å². The van der Waals surface area contributed by atoms with E-state index in [2.05, 4.69) is 15.6 Å². The van der Waals surface area contributed by atoms with E-state index in [4.69, 9.17) is 0 Å². The maximum Gasteiger partial charge on any atom is 0.251 e. The van der Waals surface area contributed by atoms with E-state index in [-0.39, 0.29) is 18.2 Å². The Morgan fingerprint density at radius 2 is 2.11 bits per heavy atom. The van der Waals surface area contributed by atoms with Crippen LogP contribution in [0.1, 0.15) is 16.8 Å². The van der Waals surface area contributed by atoms with Gasteiger partial charge >= 0.3 is 0 Å². The molecule has 5 nitrogen and oxygen atoms in total. The Kier molecular flexibility index (Phi) is 3.62. The fraction of sp³-hybridized carbons (Fsp3) is 0.231. The third kappa shape index (κ3) is 2.68. The van der Waals surface area contributed by atoms with Crippen LogP contribution in [0.15, 0.2) is 30.5 Å². The lowest BCUT2D eigenvalue weighted by molar-refractivity contribution is -0.120. The van der Waals surface area contributed by atoms with Crippen molar-refractivity contribution in [1.82, 2.24) is 15.6 Å². The number of amides is 2. The molecule has 1 aromatic carbocycles. The zero-order chi connectivity index (χ0) is 13.0. The van der Waals surface area contributed by atoms with Gasteiger partial charge in [0.1, 0.15) is 0 Å². The zero-order valence-corrected chi connectivity index (χ0v) is 10.1. The Labute approximate surface area is 105 Å². The van der Waals surface area contributed by atoms with E-state index in [1.54, 1.807) is 19.2 Å². The summed E-state index contributed by atoms with van der Waals surface area (Å²) in [5.41, 5.74) is 1.51. The second kappa shape index (κ2) is 5.35. The molecule has 2 amide bonds. The van der Waals surface area contributed by atoms with Gasteiger partial charge in [0, 0.05) is 37.3 Å². The Bertz CT molecular complexity index is 574. The number of rotatable bonds is 4. The SMILES string of the molecule is CNC(=O)CCNC(=O)c1ccc2cc[nH]c2c1. The van der Waals surface area contributed by atoms with Crippen LogP contribution in [-0.4, -0.2) is 30.4 Å². The van der Waals surface area contributed by atoms with Crippen molar-refractivity contribution in [2.45, 2.75) is 6.42 Å². The van der Waals surface area contributed by atoms with E-state index in [1.165, 1.54) is 0 Å². The lowest BCUT2D eigenvalue weighted by Gasteiger charge is -2.04. The minimum Gasteiger partial charge on any atom is -0.361 e. The normalized spacial score (nSPS) is 10.3.